The molecule has 0 spiro atoms. The number of hydrogen-bond donors (Lipinski definition) is 0. The molecule has 0 saturated heterocycles. The molecule has 0 aliphatic carbocycles. The predicted molar refractivity (Wildman–Crippen MR) is 82.3 cm³/mol. The highest BCUT2D eigenvalue weighted by Gasteiger charge is 2.31. The van der Waals surface area contributed by atoms with E-state index in [0.717, 1.165) is 36.8 Å². The van der Waals surface area contributed by atoms with E-state index in [1.165, 1.54) is 0 Å². The second-order valence-electron chi connectivity index (χ2n) is 6.20. The standard InChI is InChI=1S/C18H29F/c1-7-17(5,8-2)14-12-11-13-15(16(14)19)18(6,9-3)10-4/h11-13H,7-10H2,1-6H3. The second kappa shape index (κ2) is 6.07. The van der Waals surface area contributed by atoms with Crippen molar-refractivity contribution in [1.82, 2.24) is 0 Å². The first-order chi connectivity index (χ1) is 8.88. The molecule has 0 radical (unpaired) electrons. The molecule has 0 aromatic heterocycles. The quantitative estimate of drug-likeness (QED) is 0.592. The highest BCUT2D eigenvalue weighted by Crippen LogP contribution is 2.39. The van der Waals surface area contributed by atoms with Crippen molar-refractivity contribution in [3.05, 3.63) is 35.1 Å². The van der Waals surface area contributed by atoms with Crippen LogP contribution in [0.1, 0.15) is 78.4 Å². The van der Waals surface area contributed by atoms with Crippen LogP contribution in [0.4, 0.5) is 4.39 Å². The van der Waals surface area contributed by atoms with Crippen molar-refractivity contribution in [3.8, 4) is 0 Å². The van der Waals surface area contributed by atoms with Crippen molar-refractivity contribution < 1.29 is 4.39 Å². The first kappa shape index (κ1) is 16.2. The van der Waals surface area contributed by atoms with Gasteiger partial charge in [-0.05, 0) is 47.6 Å². The summed E-state index contributed by atoms with van der Waals surface area (Å²) >= 11 is 0. The molecular weight excluding hydrogens is 235 g/mol. The molecule has 0 aliphatic rings. The number of hydrogen-bond acceptors (Lipinski definition) is 0. The van der Waals surface area contributed by atoms with E-state index in [-0.39, 0.29) is 16.6 Å². The molecule has 0 nitrogen and oxygen atoms in total. The van der Waals surface area contributed by atoms with Crippen LogP contribution >= 0.6 is 0 Å². The molecule has 0 atom stereocenters. The molecule has 0 bridgehead atoms. The summed E-state index contributed by atoms with van der Waals surface area (Å²) in [4.78, 5) is 0. The molecule has 108 valence electrons. The molecule has 0 fully saturated rings. The fraction of sp³-hybridized carbons (Fsp3) is 0.667. The molecule has 1 rings (SSSR count). The zero-order chi connectivity index (χ0) is 14.7. The van der Waals surface area contributed by atoms with E-state index < -0.39 is 0 Å². The third-order valence-corrected chi connectivity index (χ3v) is 5.42. The van der Waals surface area contributed by atoms with Crippen LogP contribution in [0.2, 0.25) is 0 Å². The summed E-state index contributed by atoms with van der Waals surface area (Å²) in [6.07, 6.45) is 3.88. The number of benzene rings is 1. The van der Waals surface area contributed by atoms with E-state index >= 15 is 4.39 Å². The van der Waals surface area contributed by atoms with Gasteiger partial charge in [0.25, 0.3) is 0 Å². The van der Waals surface area contributed by atoms with E-state index in [0.29, 0.717) is 0 Å². The lowest BCUT2D eigenvalue weighted by molar-refractivity contribution is 0.384. The Labute approximate surface area is 118 Å². The van der Waals surface area contributed by atoms with E-state index in [1.807, 2.05) is 18.2 Å². The molecule has 1 heteroatoms. The molecule has 0 amide bonds. The Balaban J connectivity index is 3.42. The van der Waals surface area contributed by atoms with Gasteiger partial charge in [-0.25, -0.2) is 4.39 Å². The van der Waals surface area contributed by atoms with Crippen molar-refractivity contribution in [2.75, 3.05) is 0 Å². The summed E-state index contributed by atoms with van der Waals surface area (Å²) in [5, 5.41) is 0. The zero-order valence-electron chi connectivity index (χ0n) is 13.4. The monoisotopic (exact) mass is 264 g/mol. The summed E-state index contributed by atoms with van der Waals surface area (Å²) in [7, 11) is 0. The molecule has 1 aromatic rings. The Morgan fingerprint density at radius 2 is 1.11 bits per heavy atom. The SMILES string of the molecule is CCC(C)(CC)c1cccc(C(C)(CC)CC)c1F. The molecule has 0 N–H and O–H groups in total. The largest absolute Gasteiger partial charge is 0.206 e. The van der Waals surface area contributed by atoms with Crippen LogP contribution in [-0.4, -0.2) is 0 Å². The maximum Gasteiger partial charge on any atom is 0.130 e. The average molecular weight is 264 g/mol. The summed E-state index contributed by atoms with van der Waals surface area (Å²) in [6.45, 7) is 12.9. The second-order valence-corrected chi connectivity index (χ2v) is 6.20. The van der Waals surface area contributed by atoms with Gasteiger partial charge in [0.05, 0.1) is 0 Å². The minimum Gasteiger partial charge on any atom is -0.206 e. The van der Waals surface area contributed by atoms with Crippen LogP contribution in [0, 0.1) is 5.82 Å². The lowest BCUT2D eigenvalue weighted by atomic mass is 9.72. The molecule has 0 unspecified atom stereocenters. The third kappa shape index (κ3) is 2.85. The Hall–Kier alpha value is -0.850. The summed E-state index contributed by atoms with van der Waals surface area (Å²) in [5.41, 5.74) is 1.68. The van der Waals surface area contributed by atoms with Gasteiger partial charge in [-0.15, -0.1) is 0 Å². The smallest absolute Gasteiger partial charge is 0.130 e. The van der Waals surface area contributed by atoms with Gasteiger partial charge >= 0.3 is 0 Å². The van der Waals surface area contributed by atoms with Crippen LogP contribution in [0.3, 0.4) is 0 Å². The summed E-state index contributed by atoms with van der Waals surface area (Å²) in [6, 6.07) is 5.97. The molecular formula is C18H29F. The first-order valence-corrected chi connectivity index (χ1v) is 7.68. The van der Waals surface area contributed by atoms with Crippen molar-refractivity contribution in [2.45, 2.75) is 78.1 Å². The maximum atomic E-state index is 15.0. The van der Waals surface area contributed by atoms with Crippen LogP contribution in [-0.2, 0) is 10.8 Å². The third-order valence-electron chi connectivity index (χ3n) is 5.42. The number of rotatable bonds is 6. The fourth-order valence-electron chi connectivity index (χ4n) is 2.73. The fourth-order valence-corrected chi connectivity index (χ4v) is 2.73. The van der Waals surface area contributed by atoms with Gasteiger partial charge in [0.15, 0.2) is 0 Å². The Morgan fingerprint density at radius 3 is 1.37 bits per heavy atom. The normalized spacial score (nSPS) is 12.8. The van der Waals surface area contributed by atoms with Crippen LogP contribution < -0.4 is 0 Å². The van der Waals surface area contributed by atoms with Crippen LogP contribution in [0.5, 0.6) is 0 Å². The average Bonchev–Trinajstić information content (AvgIpc) is 2.45. The summed E-state index contributed by atoms with van der Waals surface area (Å²) in [5.74, 6) is 0.0277. The van der Waals surface area contributed by atoms with E-state index in [9.17, 15) is 0 Å². The Kier molecular flexibility index (Phi) is 5.18. The number of halogens is 1. The van der Waals surface area contributed by atoms with Crippen molar-refractivity contribution in [2.24, 2.45) is 0 Å². The van der Waals surface area contributed by atoms with Gasteiger partial charge in [-0.1, -0.05) is 59.7 Å². The maximum absolute atomic E-state index is 15.0. The van der Waals surface area contributed by atoms with Gasteiger partial charge < -0.3 is 0 Å². The zero-order valence-corrected chi connectivity index (χ0v) is 13.4. The van der Waals surface area contributed by atoms with Gasteiger partial charge in [0.1, 0.15) is 5.82 Å². The van der Waals surface area contributed by atoms with E-state index in [2.05, 4.69) is 41.5 Å². The lowest BCUT2D eigenvalue weighted by Gasteiger charge is -2.33. The molecule has 0 saturated carbocycles. The van der Waals surface area contributed by atoms with Gasteiger partial charge in [0.2, 0.25) is 0 Å². The molecule has 1 aromatic carbocycles. The van der Waals surface area contributed by atoms with Crippen molar-refractivity contribution >= 4 is 0 Å². The highest BCUT2D eigenvalue weighted by molar-refractivity contribution is 5.36. The van der Waals surface area contributed by atoms with Crippen molar-refractivity contribution in [1.29, 1.82) is 0 Å². The Morgan fingerprint density at radius 1 is 0.789 bits per heavy atom. The molecule has 0 heterocycles. The van der Waals surface area contributed by atoms with Crippen molar-refractivity contribution in [3.63, 3.8) is 0 Å². The van der Waals surface area contributed by atoms with Gasteiger partial charge in [-0.3, -0.25) is 0 Å². The van der Waals surface area contributed by atoms with Gasteiger partial charge in [0, 0.05) is 0 Å². The summed E-state index contributed by atoms with van der Waals surface area (Å²) < 4.78 is 15.0. The minimum absolute atomic E-state index is 0.0277. The molecule has 0 aliphatic heterocycles. The van der Waals surface area contributed by atoms with E-state index in [4.69, 9.17) is 0 Å². The minimum atomic E-state index is -0.0531. The lowest BCUT2D eigenvalue weighted by Crippen LogP contribution is -2.26. The molecule has 19 heavy (non-hydrogen) atoms. The van der Waals surface area contributed by atoms with E-state index in [1.54, 1.807) is 0 Å². The highest BCUT2D eigenvalue weighted by atomic mass is 19.1. The van der Waals surface area contributed by atoms with Crippen LogP contribution in [0.15, 0.2) is 18.2 Å². The van der Waals surface area contributed by atoms with Crippen LogP contribution in [0.25, 0.3) is 0 Å². The Bertz CT molecular complexity index is 375. The predicted octanol–water partition coefficient (Wildman–Crippen LogP) is 5.98. The first-order valence-electron chi connectivity index (χ1n) is 7.68. The van der Waals surface area contributed by atoms with Gasteiger partial charge in [-0.2, -0.15) is 0 Å². The topological polar surface area (TPSA) is 0 Å².